The SMILES string of the molecule is C=CC1OC(NC2CC2)=C(c2ccc(OC)c(Cl)c2)C1=O. The second-order valence-electron chi connectivity index (χ2n) is 5.11. The average molecular weight is 306 g/mol. The molecule has 1 aromatic rings. The molecule has 1 heterocycles. The number of ketones is 1. The van der Waals surface area contributed by atoms with Crippen molar-refractivity contribution in [1.82, 2.24) is 5.32 Å². The molecule has 1 saturated carbocycles. The van der Waals surface area contributed by atoms with Gasteiger partial charge in [-0.3, -0.25) is 4.79 Å². The van der Waals surface area contributed by atoms with Gasteiger partial charge in [-0.15, -0.1) is 0 Å². The fourth-order valence-corrected chi connectivity index (χ4v) is 2.52. The zero-order valence-electron chi connectivity index (χ0n) is 11.7. The van der Waals surface area contributed by atoms with Gasteiger partial charge in [-0.2, -0.15) is 0 Å². The highest BCUT2D eigenvalue weighted by atomic mass is 35.5. The molecule has 110 valence electrons. The number of carbonyl (C=O) groups is 1. The van der Waals surface area contributed by atoms with Gasteiger partial charge in [0.15, 0.2) is 12.0 Å². The fraction of sp³-hybridized carbons (Fsp3) is 0.312. The Morgan fingerprint density at radius 2 is 2.24 bits per heavy atom. The molecule has 1 aliphatic carbocycles. The number of nitrogens with one attached hydrogen (secondary N) is 1. The van der Waals surface area contributed by atoms with Crippen LogP contribution in [-0.4, -0.2) is 25.0 Å². The van der Waals surface area contributed by atoms with E-state index in [1.54, 1.807) is 25.3 Å². The minimum Gasteiger partial charge on any atom is -0.495 e. The molecule has 0 aromatic heterocycles. The molecule has 1 aliphatic heterocycles. The molecule has 0 saturated heterocycles. The Bertz CT molecular complexity index is 634. The van der Waals surface area contributed by atoms with Crippen molar-refractivity contribution in [1.29, 1.82) is 0 Å². The summed E-state index contributed by atoms with van der Waals surface area (Å²) in [6, 6.07) is 5.66. The van der Waals surface area contributed by atoms with Crippen LogP contribution < -0.4 is 10.1 Å². The van der Waals surface area contributed by atoms with Crippen LogP contribution >= 0.6 is 11.6 Å². The standard InChI is InChI=1S/C16H16ClNO3/c1-3-12-15(19)14(16(21-12)18-10-5-6-10)9-4-7-13(20-2)11(17)8-9/h3-4,7-8,10,12,18H,1,5-6H2,2H3. The number of rotatable bonds is 5. The maximum atomic E-state index is 12.4. The molecule has 1 unspecified atom stereocenters. The molecule has 1 aromatic carbocycles. The van der Waals surface area contributed by atoms with E-state index in [9.17, 15) is 4.79 Å². The molecule has 0 spiro atoms. The summed E-state index contributed by atoms with van der Waals surface area (Å²) in [7, 11) is 1.55. The zero-order chi connectivity index (χ0) is 15.0. The Morgan fingerprint density at radius 3 is 2.81 bits per heavy atom. The molecule has 5 heteroatoms. The summed E-state index contributed by atoms with van der Waals surface area (Å²) < 4.78 is 10.8. The fourth-order valence-electron chi connectivity index (χ4n) is 2.26. The lowest BCUT2D eigenvalue weighted by Crippen LogP contribution is -2.18. The smallest absolute Gasteiger partial charge is 0.213 e. The van der Waals surface area contributed by atoms with Gasteiger partial charge in [-0.1, -0.05) is 24.2 Å². The van der Waals surface area contributed by atoms with Crippen molar-refractivity contribution in [3.8, 4) is 5.75 Å². The molecule has 1 N–H and O–H groups in total. The van der Waals surface area contributed by atoms with E-state index in [1.807, 2.05) is 0 Å². The average Bonchev–Trinajstić information content (AvgIpc) is 3.22. The summed E-state index contributed by atoms with van der Waals surface area (Å²) in [6.07, 6.45) is 3.06. The Hall–Kier alpha value is -1.94. The molecular formula is C16H16ClNO3. The highest BCUT2D eigenvalue weighted by Gasteiger charge is 2.36. The number of Topliss-reactive ketones (excluding diaryl/α,β-unsaturated/α-hetero) is 1. The first-order valence-electron chi connectivity index (χ1n) is 6.82. The Morgan fingerprint density at radius 1 is 1.48 bits per heavy atom. The number of hydrogen-bond donors (Lipinski definition) is 1. The number of ether oxygens (including phenoxy) is 2. The number of methoxy groups -OCH3 is 1. The lowest BCUT2D eigenvalue weighted by Gasteiger charge is -2.09. The highest BCUT2D eigenvalue weighted by molar-refractivity contribution is 6.33. The monoisotopic (exact) mass is 305 g/mol. The molecule has 2 aliphatic rings. The van der Waals surface area contributed by atoms with Gasteiger partial charge in [0.05, 0.1) is 17.7 Å². The van der Waals surface area contributed by atoms with Crippen LogP contribution in [-0.2, 0) is 9.53 Å². The van der Waals surface area contributed by atoms with E-state index >= 15 is 0 Å². The number of halogens is 1. The van der Waals surface area contributed by atoms with Crippen LogP contribution in [0.5, 0.6) is 5.75 Å². The van der Waals surface area contributed by atoms with E-state index in [0.717, 1.165) is 18.4 Å². The topological polar surface area (TPSA) is 47.6 Å². The lowest BCUT2D eigenvalue weighted by atomic mass is 10.0. The number of carbonyl (C=O) groups excluding carboxylic acids is 1. The number of benzene rings is 1. The third kappa shape index (κ3) is 2.63. The van der Waals surface area contributed by atoms with E-state index in [1.165, 1.54) is 6.08 Å². The van der Waals surface area contributed by atoms with Crippen molar-refractivity contribution in [3.05, 3.63) is 47.3 Å². The first-order valence-corrected chi connectivity index (χ1v) is 7.20. The summed E-state index contributed by atoms with van der Waals surface area (Å²) in [5.41, 5.74) is 1.25. The third-order valence-corrected chi connectivity index (χ3v) is 3.84. The molecule has 0 amide bonds. The molecule has 4 nitrogen and oxygen atoms in total. The second kappa shape index (κ2) is 5.45. The maximum Gasteiger partial charge on any atom is 0.213 e. The Balaban J connectivity index is 2.00. The van der Waals surface area contributed by atoms with E-state index in [0.29, 0.717) is 28.3 Å². The largest absolute Gasteiger partial charge is 0.495 e. The summed E-state index contributed by atoms with van der Waals surface area (Å²) in [4.78, 5) is 12.4. The van der Waals surface area contributed by atoms with Crippen molar-refractivity contribution in [2.75, 3.05) is 7.11 Å². The van der Waals surface area contributed by atoms with Gasteiger partial charge in [0.25, 0.3) is 0 Å². The van der Waals surface area contributed by atoms with E-state index in [-0.39, 0.29) is 5.78 Å². The first-order chi connectivity index (χ1) is 10.1. The van der Waals surface area contributed by atoms with Gasteiger partial charge in [-0.05, 0) is 36.6 Å². The first kappa shape index (κ1) is 14.0. The summed E-state index contributed by atoms with van der Waals surface area (Å²) in [5.74, 6) is 0.993. The summed E-state index contributed by atoms with van der Waals surface area (Å²) in [5, 5.41) is 3.72. The van der Waals surface area contributed by atoms with Crippen LogP contribution in [0.15, 0.2) is 36.7 Å². The van der Waals surface area contributed by atoms with Crippen LogP contribution in [0.25, 0.3) is 5.57 Å². The molecular weight excluding hydrogens is 290 g/mol. The van der Waals surface area contributed by atoms with Crippen molar-refractivity contribution >= 4 is 23.0 Å². The van der Waals surface area contributed by atoms with Gasteiger partial charge >= 0.3 is 0 Å². The van der Waals surface area contributed by atoms with Crippen LogP contribution in [0.4, 0.5) is 0 Å². The van der Waals surface area contributed by atoms with Crippen LogP contribution in [0.1, 0.15) is 18.4 Å². The van der Waals surface area contributed by atoms with Gasteiger partial charge < -0.3 is 14.8 Å². The molecule has 1 atom stereocenters. The minimum atomic E-state index is -0.637. The molecule has 1 fully saturated rings. The van der Waals surface area contributed by atoms with E-state index in [2.05, 4.69) is 11.9 Å². The van der Waals surface area contributed by atoms with E-state index < -0.39 is 6.10 Å². The van der Waals surface area contributed by atoms with Crippen molar-refractivity contribution < 1.29 is 14.3 Å². The predicted octanol–water partition coefficient (Wildman–Crippen LogP) is 2.92. The minimum absolute atomic E-state index is 0.102. The van der Waals surface area contributed by atoms with Gasteiger partial charge in [-0.25, -0.2) is 0 Å². The van der Waals surface area contributed by atoms with Crippen LogP contribution in [0.3, 0.4) is 0 Å². The quantitative estimate of drug-likeness (QED) is 0.850. The van der Waals surface area contributed by atoms with Crippen molar-refractivity contribution in [2.24, 2.45) is 0 Å². The van der Waals surface area contributed by atoms with Crippen LogP contribution in [0.2, 0.25) is 5.02 Å². The third-order valence-electron chi connectivity index (χ3n) is 3.54. The highest BCUT2D eigenvalue weighted by Crippen LogP contribution is 2.35. The maximum absolute atomic E-state index is 12.4. The summed E-state index contributed by atoms with van der Waals surface area (Å²) in [6.45, 7) is 3.65. The Kier molecular flexibility index (Phi) is 3.64. The second-order valence-corrected chi connectivity index (χ2v) is 5.52. The van der Waals surface area contributed by atoms with E-state index in [4.69, 9.17) is 21.1 Å². The number of hydrogen-bond acceptors (Lipinski definition) is 4. The molecule has 0 radical (unpaired) electrons. The predicted molar refractivity (Wildman–Crippen MR) is 81.2 cm³/mol. The van der Waals surface area contributed by atoms with Crippen LogP contribution in [0, 0.1) is 0 Å². The van der Waals surface area contributed by atoms with Gasteiger partial charge in [0, 0.05) is 6.04 Å². The van der Waals surface area contributed by atoms with Gasteiger partial charge in [0.2, 0.25) is 5.78 Å². The molecule has 0 bridgehead atoms. The van der Waals surface area contributed by atoms with Gasteiger partial charge in [0.1, 0.15) is 5.75 Å². The summed E-state index contributed by atoms with van der Waals surface area (Å²) >= 11 is 6.15. The normalized spacial score (nSPS) is 21.2. The lowest BCUT2D eigenvalue weighted by molar-refractivity contribution is -0.118. The van der Waals surface area contributed by atoms with Crippen molar-refractivity contribution in [3.63, 3.8) is 0 Å². The molecule has 3 rings (SSSR count). The Labute approximate surface area is 128 Å². The van der Waals surface area contributed by atoms with Crippen molar-refractivity contribution in [2.45, 2.75) is 25.0 Å². The zero-order valence-corrected chi connectivity index (χ0v) is 12.4. The molecule has 21 heavy (non-hydrogen) atoms.